The van der Waals surface area contributed by atoms with Crippen molar-refractivity contribution in [2.24, 2.45) is 0 Å². The number of anilines is 1. The number of carbonyl (C=O) groups excluding carboxylic acids is 1. The largest absolute Gasteiger partial charge is 0.319 e. The summed E-state index contributed by atoms with van der Waals surface area (Å²) < 4.78 is 0.705. The van der Waals surface area contributed by atoms with Gasteiger partial charge in [-0.25, -0.2) is 9.97 Å². The van der Waals surface area contributed by atoms with Gasteiger partial charge in [-0.15, -0.1) is 0 Å². The molecule has 0 aromatic carbocycles. The summed E-state index contributed by atoms with van der Waals surface area (Å²) >= 11 is 8.92. The molecule has 0 spiro atoms. The molecule has 0 atom stereocenters. The minimum absolute atomic E-state index is 0.264. The summed E-state index contributed by atoms with van der Waals surface area (Å²) in [5.74, 6) is -0.323. The molecule has 0 radical (unpaired) electrons. The van der Waals surface area contributed by atoms with Gasteiger partial charge in [-0.3, -0.25) is 4.79 Å². The monoisotopic (exact) mass is 311 g/mol. The molecule has 0 saturated carbocycles. The molecule has 17 heavy (non-hydrogen) atoms. The highest BCUT2D eigenvalue weighted by atomic mass is 79.9. The topological polar surface area (TPSA) is 54.9 Å². The van der Waals surface area contributed by atoms with E-state index in [1.165, 1.54) is 0 Å². The summed E-state index contributed by atoms with van der Waals surface area (Å²) in [6, 6.07) is 8.34. The molecule has 4 nitrogen and oxygen atoms in total. The number of hydrogen-bond donors (Lipinski definition) is 1. The summed E-state index contributed by atoms with van der Waals surface area (Å²) in [5.41, 5.74) is 0.861. The van der Waals surface area contributed by atoms with Crippen LogP contribution in [0.25, 0.3) is 0 Å². The van der Waals surface area contributed by atoms with Crippen LogP contribution in [0.4, 0.5) is 5.69 Å². The van der Waals surface area contributed by atoms with E-state index in [1.54, 1.807) is 36.5 Å². The smallest absolute Gasteiger partial charge is 0.274 e. The molecule has 2 rings (SSSR count). The lowest BCUT2D eigenvalue weighted by Gasteiger charge is -2.04. The van der Waals surface area contributed by atoms with Crippen LogP contribution >= 0.6 is 27.5 Å². The maximum Gasteiger partial charge on any atom is 0.274 e. The summed E-state index contributed by atoms with van der Waals surface area (Å²) in [4.78, 5) is 19.7. The van der Waals surface area contributed by atoms with Gasteiger partial charge in [-0.1, -0.05) is 17.7 Å². The summed E-state index contributed by atoms with van der Waals surface area (Å²) in [6.07, 6.45) is 1.55. The normalized spacial score (nSPS) is 10.0. The number of amides is 1. The van der Waals surface area contributed by atoms with Crippen molar-refractivity contribution in [2.45, 2.75) is 0 Å². The van der Waals surface area contributed by atoms with E-state index in [-0.39, 0.29) is 16.8 Å². The molecule has 6 heteroatoms. The number of aromatic nitrogens is 2. The van der Waals surface area contributed by atoms with Crippen molar-refractivity contribution in [1.29, 1.82) is 0 Å². The molecular formula is C11H7BrClN3O. The SMILES string of the molecule is O=C(Nc1ccc(Br)nc1)c1cccc(Cl)n1. The number of carbonyl (C=O) groups is 1. The van der Waals surface area contributed by atoms with Gasteiger partial charge in [-0.05, 0) is 40.2 Å². The van der Waals surface area contributed by atoms with E-state index in [0.717, 1.165) is 0 Å². The quantitative estimate of drug-likeness (QED) is 0.867. The minimum atomic E-state index is -0.323. The molecule has 1 amide bonds. The molecule has 0 aliphatic carbocycles. The summed E-state index contributed by atoms with van der Waals surface area (Å²) in [7, 11) is 0. The standard InChI is InChI=1S/C11H7BrClN3O/c12-9-5-4-7(6-14-9)15-11(17)8-2-1-3-10(13)16-8/h1-6H,(H,15,17). The third kappa shape index (κ3) is 3.25. The van der Waals surface area contributed by atoms with Crippen LogP contribution in [-0.4, -0.2) is 15.9 Å². The van der Waals surface area contributed by atoms with Gasteiger partial charge in [0.25, 0.3) is 5.91 Å². The predicted molar refractivity (Wildman–Crippen MR) is 69.1 cm³/mol. The van der Waals surface area contributed by atoms with Gasteiger partial charge in [0.1, 0.15) is 15.5 Å². The highest BCUT2D eigenvalue weighted by molar-refractivity contribution is 9.10. The average molecular weight is 313 g/mol. The van der Waals surface area contributed by atoms with Crippen LogP contribution in [0.15, 0.2) is 41.1 Å². The molecule has 0 aliphatic rings. The minimum Gasteiger partial charge on any atom is -0.319 e. The lowest BCUT2D eigenvalue weighted by Crippen LogP contribution is -2.13. The van der Waals surface area contributed by atoms with Crippen molar-refractivity contribution >= 4 is 39.1 Å². The van der Waals surface area contributed by atoms with E-state index >= 15 is 0 Å². The zero-order valence-electron chi connectivity index (χ0n) is 8.52. The van der Waals surface area contributed by atoms with Gasteiger partial charge in [0.05, 0.1) is 11.9 Å². The fourth-order valence-corrected chi connectivity index (χ4v) is 1.58. The lowest BCUT2D eigenvalue weighted by molar-refractivity contribution is 0.102. The lowest BCUT2D eigenvalue weighted by atomic mass is 10.3. The number of halogens is 2. The first-order chi connectivity index (χ1) is 8.15. The molecule has 0 bridgehead atoms. The second-order valence-electron chi connectivity index (χ2n) is 3.17. The Bertz CT molecular complexity index is 545. The average Bonchev–Trinajstić information content (AvgIpc) is 2.32. The molecule has 0 saturated heterocycles. The Hall–Kier alpha value is -1.46. The van der Waals surface area contributed by atoms with Gasteiger partial charge >= 0.3 is 0 Å². The van der Waals surface area contributed by atoms with Crippen LogP contribution in [-0.2, 0) is 0 Å². The van der Waals surface area contributed by atoms with Gasteiger partial charge < -0.3 is 5.32 Å². The van der Waals surface area contributed by atoms with Crippen LogP contribution in [0.3, 0.4) is 0 Å². The third-order valence-electron chi connectivity index (χ3n) is 1.93. The second kappa shape index (κ2) is 5.25. The highest BCUT2D eigenvalue weighted by Gasteiger charge is 2.07. The first-order valence-corrected chi connectivity index (χ1v) is 5.88. The summed E-state index contributed by atoms with van der Waals surface area (Å²) in [6.45, 7) is 0. The number of hydrogen-bond acceptors (Lipinski definition) is 3. The molecule has 0 fully saturated rings. The third-order valence-corrected chi connectivity index (χ3v) is 2.61. The Morgan fingerprint density at radius 1 is 1.29 bits per heavy atom. The predicted octanol–water partition coefficient (Wildman–Crippen LogP) is 3.14. The Balaban J connectivity index is 2.14. The molecular weight excluding hydrogens is 305 g/mol. The van der Waals surface area contributed by atoms with E-state index in [9.17, 15) is 4.79 Å². The fraction of sp³-hybridized carbons (Fsp3) is 0. The van der Waals surface area contributed by atoms with Crippen LogP contribution in [0.2, 0.25) is 5.15 Å². The van der Waals surface area contributed by atoms with E-state index in [0.29, 0.717) is 10.3 Å². The molecule has 2 aromatic rings. The number of pyridine rings is 2. The van der Waals surface area contributed by atoms with Gasteiger partial charge in [0.2, 0.25) is 0 Å². The van der Waals surface area contributed by atoms with Gasteiger partial charge in [0, 0.05) is 0 Å². The van der Waals surface area contributed by atoms with Crippen LogP contribution in [0.5, 0.6) is 0 Å². The molecule has 0 unspecified atom stereocenters. The summed E-state index contributed by atoms with van der Waals surface area (Å²) in [5, 5.41) is 2.95. The Labute approximate surface area is 111 Å². The molecule has 86 valence electrons. The van der Waals surface area contributed by atoms with Crippen molar-refractivity contribution in [3.8, 4) is 0 Å². The number of rotatable bonds is 2. The van der Waals surface area contributed by atoms with E-state index < -0.39 is 0 Å². The molecule has 0 aliphatic heterocycles. The van der Waals surface area contributed by atoms with Crippen molar-refractivity contribution in [2.75, 3.05) is 5.32 Å². The van der Waals surface area contributed by atoms with E-state index in [2.05, 4.69) is 31.2 Å². The highest BCUT2D eigenvalue weighted by Crippen LogP contribution is 2.12. The number of nitrogens with zero attached hydrogens (tertiary/aromatic N) is 2. The van der Waals surface area contributed by atoms with Crippen molar-refractivity contribution in [1.82, 2.24) is 9.97 Å². The Morgan fingerprint density at radius 2 is 2.12 bits per heavy atom. The number of nitrogens with one attached hydrogen (secondary N) is 1. The van der Waals surface area contributed by atoms with Crippen molar-refractivity contribution in [3.05, 3.63) is 52.0 Å². The Morgan fingerprint density at radius 3 is 2.76 bits per heavy atom. The molecule has 1 N–H and O–H groups in total. The van der Waals surface area contributed by atoms with E-state index in [4.69, 9.17) is 11.6 Å². The van der Waals surface area contributed by atoms with Crippen molar-refractivity contribution in [3.63, 3.8) is 0 Å². The first kappa shape index (κ1) is 12.0. The first-order valence-electron chi connectivity index (χ1n) is 4.70. The zero-order valence-corrected chi connectivity index (χ0v) is 10.9. The van der Waals surface area contributed by atoms with Crippen LogP contribution < -0.4 is 5.32 Å². The van der Waals surface area contributed by atoms with Crippen LogP contribution in [0, 0.1) is 0 Å². The fourth-order valence-electron chi connectivity index (χ4n) is 1.18. The zero-order chi connectivity index (χ0) is 12.3. The molecule has 2 heterocycles. The van der Waals surface area contributed by atoms with Gasteiger partial charge in [-0.2, -0.15) is 0 Å². The second-order valence-corrected chi connectivity index (χ2v) is 4.37. The van der Waals surface area contributed by atoms with Crippen molar-refractivity contribution < 1.29 is 4.79 Å². The maximum absolute atomic E-state index is 11.8. The molecule has 2 aromatic heterocycles. The van der Waals surface area contributed by atoms with Gasteiger partial charge in [0.15, 0.2) is 0 Å². The Kier molecular flexibility index (Phi) is 3.71. The van der Waals surface area contributed by atoms with E-state index in [1.807, 2.05) is 0 Å². The maximum atomic E-state index is 11.8. The van der Waals surface area contributed by atoms with Crippen LogP contribution in [0.1, 0.15) is 10.5 Å².